The van der Waals surface area contributed by atoms with E-state index >= 15 is 0 Å². The summed E-state index contributed by atoms with van der Waals surface area (Å²) in [5.41, 5.74) is 2.25. The minimum Gasteiger partial charge on any atom is -0.339 e. The Labute approximate surface area is 167 Å². The molecular weight excluding hydrogens is 368 g/mol. The van der Waals surface area contributed by atoms with Crippen LogP contribution in [0.3, 0.4) is 0 Å². The van der Waals surface area contributed by atoms with E-state index in [0.29, 0.717) is 29.9 Å². The van der Waals surface area contributed by atoms with Crippen molar-refractivity contribution in [2.75, 3.05) is 16.8 Å². The van der Waals surface area contributed by atoms with Crippen LogP contribution in [0.5, 0.6) is 0 Å². The quantitative estimate of drug-likeness (QED) is 0.721. The van der Waals surface area contributed by atoms with Crippen molar-refractivity contribution in [3.63, 3.8) is 0 Å². The number of nitrogens with zero attached hydrogens (tertiary/aromatic N) is 3. The zero-order chi connectivity index (χ0) is 19.8. The van der Waals surface area contributed by atoms with Crippen LogP contribution in [0.2, 0.25) is 0 Å². The van der Waals surface area contributed by atoms with E-state index in [1.54, 1.807) is 4.90 Å². The molecule has 3 aromatic rings. The summed E-state index contributed by atoms with van der Waals surface area (Å²) in [5.74, 6) is 1.00. The first-order valence-electron chi connectivity index (χ1n) is 9.78. The zero-order valence-corrected chi connectivity index (χ0v) is 15.7. The monoisotopic (exact) mass is 388 g/mol. The van der Waals surface area contributed by atoms with Crippen molar-refractivity contribution in [3.8, 4) is 11.4 Å². The molecule has 1 saturated carbocycles. The Morgan fingerprint density at radius 2 is 1.93 bits per heavy atom. The average molecular weight is 388 g/mol. The minimum atomic E-state index is -0.391. The van der Waals surface area contributed by atoms with Crippen LogP contribution in [0, 0.1) is 5.92 Å². The van der Waals surface area contributed by atoms with Gasteiger partial charge in [0.1, 0.15) is 0 Å². The predicted octanol–water partition coefficient (Wildman–Crippen LogP) is 3.61. The Hall–Kier alpha value is -3.48. The van der Waals surface area contributed by atoms with Gasteiger partial charge < -0.3 is 14.7 Å². The molecule has 1 atom stereocenters. The smallest absolute Gasteiger partial charge is 0.230 e. The summed E-state index contributed by atoms with van der Waals surface area (Å²) < 4.78 is 5.32. The Morgan fingerprint density at radius 1 is 1.10 bits per heavy atom. The molecule has 2 heterocycles. The van der Waals surface area contributed by atoms with Crippen molar-refractivity contribution in [2.24, 2.45) is 5.92 Å². The molecule has 1 unspecified atom stereocenters. The highest BCUT2D eigenvalue weighted by molar-refractivity contribution is 6.03. The van der Waals surface area contributed by atoms with E-state index in [4.69, 9.17) is 4.52 Å². The summed E-state index contributed by atoms with van der Waals surface area (Å²) in [6.45, 7) is 0.379. The van der Waals surface area contributed by atoms with Gasteiger partial charge in [-0.2, -0.15) is 4.98 Å². The van der Waals surface area contributed by atoms with Crippen LogP contribution in [0.15, 0.2) is 59.1 Å². The molecule has 7 heteroatoms. The molecule has 2 aliphatic rings. The van der Waals surface area contributed by atoms with Crippen molar-refractivity contribution in [1.82, 2.24) is 10.1 Å². The second-order valence-electron chi connectivity index (χ2n) is 7.54. The molecule has 1 N–H and O–H groups in total. The molecule has 1 aliphatic heterocycles. The number of carbonyl (C=O) groups is 2. The van der Waals surface area contributed by atoms with Gasteiger partial charge in [-0.25, -0.2) is 0 Å². The number of benzene rings is 2. The molecule has 29 heavy (non-hydrogen) atoms. The van der Waals surface area contributed by atoms with Gasteiger partial charge in [0.2, 0.25) is 23.5 Å². The first kappa shape index (κ1) is 17.6. The van der Waals surface area contributed by atoms with Gasteiger partial charge in [-0.1, -0.05) is 35.5 Å². The maximum absolute atomic E-state index is 12.7. The normalized spacial score (nSPS) is 18.8. The molecule has 1 saturated heterocycles. The topological polar surface area (TPSA) is 88.3 Å². The van der Waals surface area contributed by atoms with Crippen LogP contribution >= 0.6 is 0 Å². The summed E-state index contributed by atoms with van der Waals surface area (Å²) in [6, 6.07) is 16.8. The van der Waals surface area contributed by atoms with Gasteiger partial charge >= 0.3 is 0 Å². The van der Waals surface area contributed by atoms with E-state index in [-0.39, 0.29) is 18.2 Å². The van der Waals surface area contributed by atoms with Crippen molar-refractivity contribution in [3.05, 3.63) is 60.5 Å². The van der Waals surface area contributed by atoms with Crippen LogP contribution in [0.4, 0.5) is 11.4 Å². The maximum atomic E-state index is 12.7. The first-order valence-corrected chi connectivity index (χ1v) is 9.78. The molecule has 0 radical (unpaired) electrons. The average Bonchev–Trinajstić information content (AvgIpc) is 3.33. The Bertz CT molecular complexity index is 1060. The van der Waals surface area contributed by atoms with E-state index < -0.39 is 5.92 Å². The number of para-hydroxylation sites is 1. The fourth-order valence-corrected chi connectivity index (χ4v) is 3.57. The maximum Gasteiger partial charge on any atom is 0.230 e. The highest BCUT2D eigenvalue weighted by atomic mass is 16.5. The highest BCUT2D eigenvalue weighted by Gasteiger charge is 2.35. The zero-order valence-electron chi connectivity index (χ0n) is 15.7. The molecule has 1 aromatic heterocycles. The van der Waals surface area contributed by atoms with E-state index in [9.17, 15) is 9.59 Å². The fraction of sp³-hybridized carbons (Fsp3) is 0.273. The molecule has 5 rings (SSSR count). The van der Waals surface area contributed by atoms with Gasteiger partial charge in [0.15, 0.2) is 0 Å². The summed E-state index contributed by atoms with van der Waals surface area (Å²) in [6.07, 6.45) is 2.39. The summed E-state index contributed by atoms with van der Waals surface area (Å²) >= 11 is 0. The molecule has 7 nitrogen and oxygen atoms in total. The van der Waals surface area contributed by atoms with Gasteiger partial charge in [0, 0.05) is 35.8 Å². The number of anilines is 2. The van der Waals surface area contributed by atoms with Gasteiger partial charge in [0.05, 0.1) is 5.92 Å². The molecular formula is C22H20N4O3. The largest absolute Gasteiger partial charge is 0.339 e. The van der Waals surface area contributed by atoms with Crippen molar-refractivity contribution >= 4 is 23.2 Å². The number of aromatic nitrogens is 2. The van der Waals surface area contributed by atoms with Gasteiger partial charge in [-0.15, -0.1) is 0 Å². The fourth-order valence-electron chi connectivity index (χ4n) is 3.57. The number of nitrogens with one attached hydrogen (secondary N) is 1. The standard InChI is InChI=1S/C22H20N4O3/c27-19-12-16(13-26(19)18-7-2-1-3-8-18)21(28)23-17-6-4-5-15(11-17)20-24-22(29-25-20)14-9-10-14/h1-8,11,14,16H,9-10,12-13H2,(H,23,28). The minimum absolute atomic E-state index is 0.0375. The molecule has 146 valence electrons. The molecule has 2 fully saturated rings. The Kier molecular flexibility index (Phi) is 4.35. The van der Waals surface area contributed by atoms with E-state index in [0.717, 1.165) is 24.1 Å². The lowest BCUT2D eigenvalue weighted by Gasteiger charge is -2.16. The SMILES string of the molecule is O=C(Nc1cccc(-c2noc(C3CC3)n2)c1)C1CC(=O)N(c2ccccc2)C1. The number of carbonyl (C=O) groups excluding carboxylic acids is 2. The lowest BCUT2D eigenvalue weighted by Crippen LogP contribution is -2.28. The second kappa shape index (κ2) is 7.16. The van der Waals surface area contributed by atoms with Crippen LogP contribution < -0.4 is 10.2 Å². The Balaban J connectivity index is 1.28. The van der Waals surface area contributed by atoms with Crippen LogP contribution in [-0.2, 0) is 9.59 Å². The van der Waals surface area contributed by atoms with Gasteiger partial charge in [-0.05, 0) is 37.1 Å². The molecule has 0 spiro atoms. The van der Waals surface area contributed by atoms with E-state index in [2.05, 4.69) is 15.5 Å². The first-order chi connectivity index (χ1) is 14.2. The number of hydrogen-bond donors (Lipinski definition) is 1. The second-order valence-corrected chi connectivity index (χ2v) is 7.54. The summed E-state index contributed by atoms with van der Waals surface area (Å²) in [4.78, 5) is 31.2. The number of amides is 2. The van der Waals surface area contributed by atoms with Crippen molar-refractivity contribution in [2.45, 2.75) is 25.2 Å². The van der Waals surface area contributed by atoms with Crippen LogP contribution in [0.1, 0.15) is 31.1 Å². The molecule has 2 amide bonds. The lowest BCUT2D eigenvalue weighted by molar-refractivity contribution is -0.122. The predicted molar refractivity (Wildman–Crippen MR) is 107 cm³/mol. The van der Waals surface area contributed by atoms with Gasteiger partial charge in [0.25, 0.3) is 0 Å². The van der Waals surface area contributed by atoms with E-state index in [1.165, 1.54) is 0 Å². The van der Waals surface area contributed by atoms with Crippen LogP contribution in [-0.4, -0.2) is 28.5 Å². The van der Waals surface area contributed by atoms with Gasteiger partial charge in [-0.3, -0.25) is 9.59 Å². The Morgan fingerprint density at radius 3 is 2.72 bits per heavy atom. The van der Waals surface area contributed by atoms with E-state index in [1.807, 2.05) is 54.6 Å². The number of rotatable bonds is 5. The van der Waals surface area contributed by atoms with Crippen molar-refractivity contribution < 1.29 is 14.1 Å². The molecule has 2 aromatic carbocycles. The third-order valence-electron chi connectivity index (χ3n) is 5.32. The van der Waals surface area contributed by atoms with Crippen LogP contribution in [0.25, 0.3) is 11.4 Å². The molecule has 0 bridgehead atoms. The lowest BCUT2D eigenvalue weighted by atomic mass is 10.1. The third-order valence-corrected chi connectivity index (χ3v) is 5.32. The number of hydrogen-bond acceptors (Lipinski definition) is 5. The summed E-state index contributed by atoms with van der Waals surface area (Å²) in [7, 11) is 0. The molecule has 1 aliphatic carbocycles. The van der Waals surface area contributed by atoms with Crippen molar-refractivity contribution in [1.29, 1.82) is 0 Å². The third kappa shape index (κ3) is 3.63. The summed E-state index contributed by atoms with van der Waals surface area (Å²) in [5, 5.41) is 6.97. The highest BCUT2D eigenvalue weighted by Crippen LogP contribution is 2.39.